The first-order valence-electron chi connectivity index (χ1n) is 11.0. The van der Waals surface area contributed by atoms with Gasteiger partial charge in [-0.1, -0.05) is 48.5 Å². The van der Waals surface area contributed by atoms with Gasteiger partial charge in [-0.3, -0.25) is 0 Å². The zero-order valence-corrected chi connectivity index (χ0v) is 20.6. The maximum absolute atomic E-state index is 12.6. The minimum atomic E-state index is -0.441. The molecular formula is C25H26Cl2N2O2S. The number of rotatable bonds is 6. The van der Waals surface area contributed by atoms with Crippen LogP contribution in [0.3, 0.4) is 0 Å². The summed E-state index contributed by atoms with van der Waals surface area (Å²) in [5, 5.41) is 5.60. The number of hydrogen-bond donors (Lipinski definition) is 0. The second kappa shape index (κ2) is 10.2. The van der Waals surface area contributed by atoms with E-state index in [2.05, 4.69) is 29.4 Å². The molecule has 1 fully saturated rings. The summed E-state index contributed by atoms with van der Waals surface area (Å²) in [4.78, 5) is 14.7. The molecule has 2 aromatic heterocycles. The Kier molecular flexibility index (Phi) is 7.39. The van der Waals surface area contributed by atoms with E-state index in [0.29, 0.717) is 27.3 Å². The van der Waals surface area contributed by atoms with Gasteiger partial charge in [0, 0.05) is 15.5 Å². The Labute approximate surface area is 202 Å². The third kappa shape index (κ3) is 4.95. The van der Waals surface area contributed by atoms with Crippen LogP contribution in [0, 0.1) is 12.8 Å². The van der Waals surface area contributed by atoms with Gasteiger partial charge in [-0.25, -0.2) is 9.48 Å². The van der Waals surface area contributed by atoms with Crippen molar-refractivity contribution in [3.8, 4) is 16.3 Å². The highest BCUT2D eigenvalue weighted by atomic mass is 35.5. The van der Waals surface area contributed by atoms with Crippen LogP contribution in [0.5, 0.6) is 0 Å². The molecule has 32 heavy (non-hydrogen) atoms. The molecule has 7 heteroatoms. The molecule has 0 aliphatic heterocycles. The van der Waals surface area contributed by atoms with Crippen molar-refractivity contribution in [1.82, 2.24) is 9.78 Å². The van der Waals surface area contributed by atoms with Crippen molar-refractivity contribution in [2.75, 3.05) is 6.61 Å². The first-order valence-corrected chi connectivity index (χ1v) is 12.6. The number of allylic oxidation sites excluding steroid dienone is 1. The topological polar surface area (TPSA) is 44.1 Å². The molecule has 4 rings (SSSR count). The zero-order valence-electron chi connectivity index (χ0n) is 18.2. The Morgan fingerprint density at radius 2 is 2.00 bits per heavy atom. The van der Waals surface area contributed by atoms with Crippen molar-refractivity contribution in [1.29, 1.82) is 0 Å². The Bertz CT molecular complexity index is 1140. The van der Waals surface area contributed by atoms with Gasteiger partial charge in [0.15, 0.2) is 5.69 Å². The lowest BCUT2D eigenvalue weighted by Gasteiger charge is -2.17. The number of carbonyl (C=O) groups excluding carboxylic acids is 1. The summed E-state index contributed by atoms with van der Waals surface area (Å²) in [6.07, 6.45) is 11.1. The van der Waals surface area contributed by atoms with Gasteiger partial charge in [0.25, 0.3) is 0 Å². The van der Waals surface area contributed by atoms with Crippen LogP contribution in [0.15, 0.2) is 36.4 Å². The van der Waals surface area contributed by atoms with Crippen molar-refractivity contribution < 1.29 is 9.53 Å². The SMILES string of the molecule is CCOC(=O)c1nn(-c2ccc(Cl)cc2Cl)c(-c2ccc(C=CC3CCCCC3)s2)c1C. The van der Waals surface area contributed by atoms with E-state index >= 15 is 0 Å². The number of benzene rings is 1. The highest BCUT2D eigenvalue weighted by molar-refractivity contribution is 7.16. The molecular weight excluding hydrogens is 463 g/mol. The van der Waals surface area contributed by atoms with E-state index in [1.165, 1.54) is 37.0 Å². The molecule has 4 nitrogen and oxygen atoms in total. The third-order valence-corrected chi connectivity index (χ3v) is 7.37. The van der Waals surface area contributed by atoms with E-state index in [-0.39, 0.29) is 6.61 Å². The maximum Gasteiger partial charge on any atom is 0.359 e. The normalized spacial score (nSPS) is 14.9. The largest absolute Gasteiger partial charge is 0.461 e. The first-order chi connectivity index (χ1) is 15.5. The molecule has 2 heterocycles. The Morgan fingerprint density at radius 1 is 1.22 bits per heavy atom. The van der Waals surface area contributed by atoms with E-state index < -0.39 is 5.97 Å². The fourth-order valence-corrected chi connectivity index (χ4v) is 5.63. The number of esters is 1. The number of hydrogen-bond acceptors (Lipinski definition) is 4. The molecule has 0 bridgehead atoms. The molecule has 3 aromatic rings. The maximum atomic E-state index is 12.6. The third-order valence-electron chi connectivity index (χ3n) is 5.77. The lowest BCUT2D eigenvalue weighted by atomic mass is 9.89. The van der Waals surface area contributed by atoms with Crippen molar-refractivity contribution >= 4 is 46.6 Å². The average molecular weight is 489 g/mol. The number of halogens is 2. The highest BCUT2D eigenvalue weighted by Gasteiger charge is 2.25. The quantitative estimate of drug-likeness (QED) is 0.330. The molecule has 1 aliphatic carbocycles. The highest BCUT2D eigenvalue weighted by Crippen LogP contribution is 2.37. The van der Waals surface area contributed by atoms with Crippen LogP contribution in [0.4, 0.5) is 0 Å². The van der Waals surface area contributed by atoms with Gasteiger partial charge in [-0.05, 0) is 69.0 Å². The molecule has 0 amide bonds. The van der Waals surface area contributed by atoms with Crippen LogP contribution in [0.1, 0.15) is 60.0 Å². The predicted molar refractivity (Wildman–Crippen MR) is 133 cm³/mol. The molecule has 0 saturated heterocycles. The van der Waals surface area contributed by atoms with Crippen LogP contribution >= 0.6 is 34.5 Å². The summed E-state index contributed by atoms with van der Waals surface area (Å²) >= 11 is 14.3. The Hall–Kier alpha value is -2.08. The molecule has 1 aromatic carbocycles. The minimum Gasteiger partial charge on any atom is -0.461 e. The van der Waals surface area contributed by atoms with Crippen LogP contribution in [-0.4, -0.2) is 22.4 Å². The van der Waals surface area contributed by atoms with Crippen molar-refractivity contribution in [3.63, 3.8) is 0 Å². The molecule has 168 valence electrons. The number of ether oxygens (including phenoxy) is 1. The molecule has 1 aliphatic rings. The molecule has 0 unspecified atom stereocenters. The van der Waals surface area contributed by atoms with Gasteiger partial charge >= 0.3 is 5.97 Å². The summed E-state index contributed by atoms with van der Waals surface area (Å²) in [5.74, 6) is 0.230. The van der Waals surface area contributed by atoms with Crippen LogP contribution in [0.2, 0.25) is 10.0 Å². The number of nitrogens with zero attached hydrogens (tertiary/aromatic N) is 2. The van der Waals surface area contributed by atoms with Crippen LogP contribution in [-0.2, 0) is 4.74 Å². The van der Waals surface area contributed by atoms with Gasteiger partial charge in [0.1, 0.15) is 0 Å². The van der Waals surface area contributed by atoms with Crippen LogP contribution < -0.4 is 0 Å². The summed E-state index contributed by atoms with van der Waals surface area (Å²) in [7, 11) is 0. The van der Waals surface area contributed by atoms with E-state index in [1.807, 2.05) is 13.0 Å². The van der Waals surface area contributed by atoms with E-state index in [4.69, 9.17) is 27.9 Å². The number of carbonyl (C=O) groups is 1. The monoisotopic (exact) mass is 488 g/mol. The van der Waals surface area contributed by atoms with E-state index in [0.717, 1.165) is 16.1 Å². The first kappa shape index (κ1) is 23.1. The standard InChI is InChI=1S/C25H26Cl2N2O2S/c1-3-31-25(30)23-16(2)24(29(28-23)21-13-10-18(26)15-20(21)27)22-14-12-19(32-22)11-9-17-7-5-4-6-8-17/h9-15,17H,3-8H2,1-2H3. The lowest BCUT2D eigenvalue weighted by Crippen LogP contribution is -2.07. The van der Waals surface area contributed by atoms with Gasteiger partial charge in [0.2, 0.25) is 0 Å². The second-order valence-corrected chi connectivity index (χ2v) is 9.97. The van der Waals surface area contributed by atoms with Gasteiger partial charge < -0.3 is 4.74 Å². The zero-order chi connectivity index (χ0) is 22.7. The minimum absolute atomic E-state index is 0.289. The summed E-state index contributed by atoms with van der Waals surface area (Å²) in [6, 6.07) is 9.44. The van der Waals surface area contributed by atoms with Gasteiger partial charge in [0.05, 0.1) is 27.9 Å². The fourth-order valence-electron chi connectivity index (χ4n) is 4.13. The van der Waals surface area contributed by atoms with Crippen molar-refractivity contribution in [2.24, 2.45) is 5.92 Å². The summed E-state index contributed by atoms with van der Waals surface area (Å²) in [5.41, 5.74) is 2.55. The molecule has 0 spiro atoms. The van der Waals surface area contributed by atoms with Crippen molar-refractivity contribution in [2.45, 2.75) is 46.0 Å². The lowest BCUT2D eigenvalue weighted by molar-refractivity contribution is 0.0518. The molecule has 0 atom stereocenters. The van der Waals surface area contributed by atoms with E-state index in [9.17, 15) is 4.79 Å². The smallest absolute Gasteiger partial charge is 0.359 e. The number of thiophene rings is 1. The Balaban J connectivity index is 1.74. The molecule has 0 N–H and O–H groups in total. The summed E-state index contributed by atoms with van der Waals surface area (Å²) in [6.45, 7) is 3.97. The van der Waals surface area contributed by atoms with Gasteiger partial charge in [-0.2, -0.15) is 5.10 Å². The molecule has 1 saturated carbocycles. The Morgan fingerprint density at radius 3 is 2.72 bits per heavy atom. The van der Waals surface area contributed by atoms with E-state index in [1.54, 1.807) is 35.1 Å². The van der Waals surface area contributed by atoms with Gasteiger partial charge in [-0.15, -0.1) is 11.3 Å². The van der Waals surface area contributed by atoms with Crippen LogP contribution in [0.25, 0.3) is 22.3 Å². The molecule has 0 radical (unpaired) electrons. The predicted octanol–water partition coefficient (Wildman–Crippen LogP) is 7.99. The second-order valence-electron chi connectivity index (χ2n) is 8.01. The average Bonchev–Trinajstić information content (AvgIpc) is 3.37. The fraction of sp³-hybridized carbons (Fsp3) is 0.360. The number of aromatic nitrogens is 2. The summed E-state index contributed by atoms with van der Waals surface area (Å²) < 4.78 is 6.96. The van der Waals surface area contributed by atoms with Crippen molar-refractivity contribution in [3.05, 3.63) is 62.6 Å².